The fraction of sp³-hybridized carbons (Fsp3) is 0.158. The smallest absolute Gasteiger partial charge is 0.205 e. The molecule has 2 heterocycles. The Kier molecular flexibility index (Phi) is 3.72. The number of nitrogens with zero attached hydrogens (tertiary/aromatic N) is 2. The average molecular weight is 370 g/mol. The van der Waals surface area contributed by atoms with Crippen molar-refractivity contribution in [3.8, 4) is 11.8 Å². The van der Waals surface area contributed by atoms with Crippen LogP contribution < -0.4 is 4.74 Å². The quantitative estimate of drug-likeness (QED) is 0.646. The zero-order valence-corrected chi connectivity index (χ0v) is 14.8. The van der Waals surface area contributed by atoms with Crippen molar-refractivity contribution >= 4 is 40.0 Å². The molecule has 0 fully saturated rings. The Bertz CT molecular complexity index is 1060. The molecule has 0 radical (unpaired) electrons. The third kappa shape index (κ3) is 2.39. The first-order valence-electron chi connectivity index (χ1n) is 7.70. The molecule has 1 aliphatic heterocycles. The van der Waals surface area contributed by atoms with E-state index in [0.717, 1.165) is 22.0 Å². The highest BCUT2D eigenvalue weighted by atomic mass is 35.5. The van der Waals surface area contributed by atoms with Gasteiger partial charge in [0.1, 0.15) is 11.7 Å². The molecular weight excluding hydrogens is 357 g/mol. The molecule has 2 unspecified atom stereocenters. The van der Waals surface area contributed by atoms with Crippen molar-refractivity contribution < 1.29 is 4.74 Å². The number of aryl methyl sites for hydroxylation is 1. The van der Waals surface area contributed by atoms with Crippen LogP contribution in [0.5, 0.6) is 5.75 Å². The summed E-state index contributed by atoms with van der Waals surface area (Å²) >= 11 is 12.2. The van der Waals surface area contributed by atoms with Crippen LogP contribution in [-0.4, -0.2) is 10.5 Å². The maximum Gasteiger partial charge on any atom is 0.205 e. The number of nitriles is 1. The molecule has 1 aromatic heterocycles. The normalized spacial score (nSPS) is 19.4. The fourth-order valence-corrected chi connectivity index (χ4v) is 3.72. The predicted molar refractivity (Wildman–Crippen MR) is 98.7 cm³/mol. The maximum atomic E-state index is 9.63. The molecule has 4 rings (SSSR count). The molecule has 0 amide bonds. The highest BCUT2D eigenvalue weighted by molar-refractivity contribution is 6.42. The summed E-state index contributed by atoms with van der Waals surface area (Å²) in [6.45, 7) is 0. The fourth-order valence-electron chi connectivity index (χ4n) is 3.42. The lowest BCUT2D eigenvalue weighted by atomic mass is 9.78. The minimum absolute atomic E-state index is 0.0533. The Balaban J connectivity index is 1.99. The van der Waals surface area contributed by atoms with Gasteiger partial charge < -0.3 is 9.30 Å². The molecule has 0 saturated heterocycles. The van der Waals surface area contributed by atoms with Crippen LogP contribution in [0.15, 0.2) is 42.6 Å². The van der Waals surface area contributed by atoms with Gasteiger partial charge in [0.2, 0.25) is 5.90 Å². The maximum absolute atomic E-state index is 9.63. The van der Waals surface area contributed by atoms with Crippen LogP contribution in [-0.2, 0) is 7.05 Å². The summed E-state index contributed by atoms with van der Waals surface area (Å²) in [5, 5.41) is 19.7. The second kappa shape index (κ2) is 5.80. The van der Waals surface area contributed by atoms with Crippen LogP contribution in [0.4, 0.5) is 0 Å². The number of aromatic nitrogens is 1. The summed E-state index contributed by atoms with van der Waals surface area (Å²) < 4.78 is 7.75. The van der Waals surface area contributed by atoms with Gasteiger partial charge in [-0.25, -0.2) is 0 Å². The van der Waals surface area contributed by atoms with Crippen molar-refractivity contribution in [2.75, 3.05) is 0 Å². The zero-order chi connectivity index (χ0) is 17.7. The van der Waals surface area contributed by atoms with E-state index in [2.05, 4.69) is 6.07 Å². The topological polar surface area (TPSA) is 61.8 Å². The zero-order valence-electron chi connectivity index (χ0n) is 13.3. The van der Waals surface area contributed by atoms with Crippen LogP contribution in [0.25, 0.3) is 10.9 Å². The van der Waals surface area contributed by atoms with E-state index in [4.69, 9.17) is 33.3 Å². The highest BCUT2D eigenvalue weighted by Crippen LogP contribution is 2.46. The summed E-state index contributed by atoms with van der Waals surface area (Å²) in [5.74, 6) is -0.473. The van der Waals surface area contributed by atoms with Crippen molar-refractivity contribution in [2.45, 2.75) is 5.92 Å². The molecule has 25 heavy (non-hydrogen) atoms. The first kappa shape index (κ1) is 16.0. The number of benzene rings is 2. The van der Waals surface area contributed by atoms with Crippen LogP contribution >= 0.6 is 23.2 Å². The number of fused-ring (bicyclic) bond motifs is 3. The first-order valence-corrected chi connectivity index (χ1v) is 8.45. The van der Waals surface area contributed by atoms with Gasteiger partial charge in [0.15, 0.2) is 0 Å². The molecule has 0 saturated carbocycles. The predicted octanol–water partition coefficient (Wildman–Crippen LogP) is 5.13. The van der Waals surface area contributed by atoms with Crippen molar-refractivity contribution in [2.24, 2.45) is 13.0 Å². The van der Waals surface area contributed by atoms with Gasteiger partial charge >= 0.3 is 0 Å². The minimum atomic E-state index is -0.717. The van der Waals surface area contributed by atoms with Gasteiger partial charge in [0, 0.05) is 30.1 Å². The lowest BCUT2D eigenvalue weighted by Crippen LogP contribution is -2.31. The summed E-state index contributed by atoms with van der Waals surface area (Å²) in [5.41, 5.74) is 2.72. The second-order valence-corrected chi connectivity index (χ2v) is 6.88. The van der Waals surface area contributed by atoms with Crippen molar-refractivity contribution in [3.05, 3.63) is 63.8 Å². The van der Waals surface area contributed by atoms with E-state index in [1.165, 1.54) is 0 Å². The number of rotatable bonds is 1. The van der Waals surface area contributed by atoms with Gasteiger partial charge in [0.05, 0.1) is 21.6 Å². The van der Waals surface area contributed by atoms with Crippen LogP contribution in [0.1, 0.15) is 17.0 Å². The van der Waals surface area contributed by atoms with Gasteiger partial charge in [-0.1, -0.05) is 35.3 Å². The Morgan fingerprint density at radius 2 is 1.96 bits per heavy atom. The molecule has 4 nitrogen and oxygen atoms in total. The molecule has 6 heteroatoms. The molecule has 2 aromatic carbocycles. The summed E-state index contributed by atoms with van der Waals surface area (Å²) in [6, 6.07) is 13.4. The van der Waals surface area contributed by atoms with Gasteiger partial charge in [-0.15, -0.1) is 0 Å². The Hall–Kier alpha value is -2.48. The van der Waals surface area contributed by atoms with Crippen molar-refractivity contribution in [3.63, 3.8) is 0 Å². The van der Waals surface area contributed by atoms with E-state index in [1.54, 1.807) is 12.1 Å². The van der Waals surface area contributed by atoms with E-state index < -0.39 is 5.92 Å². The van der Waals surface area contributed by atoms with E-state index in [0.29, 0.717) is 15.8 Å². The molecule has 0 spiro atoms. The van der Waals surface area contributed by atoms with Gasteiger partial charge in [-0.05, 0) is 29.8 Å². The molecule has 0 aliphatic carbocycles. The Morgan fingerprint density at radius 3 is 2.68 bits per heavy atom. The van der Waals surface area contributed by atoms with E-state index in [9.17, 15) is 5.26 Å². The molecule has 1 aliphatic rings. The van der Waals surface area contributed by atoms with E-state index >= 15 is 0 Å². The lowest BCUT2D eigenvalue weighted by molar-refractivity contribution is 0.455. The SMILES string of the molecule is Cn1ccc2c3c(ccc21)C(c1ccc(Cl)c(Cl)c1)C(C#N)C(=N)O3. The number of hydrogen-bond donors (Lipinski definition) is 1. The Morgan fingerprint density at radius 1 is 1.16 bits per heavy atom. The molecule has 0 bridgehead atoms. The molecule has 1 N–H and O–H groups in total. The molecular formula is C19H13Cl2N3O. The molecule has 3 aromatic rings. The largest absolute Gasteiger partial charge is 0.441 e. The summed E-state index contributed by atoms with van der Waals surface area (Å²) in [6.07, 6.45) is 1.95. The molecule has 124 valence electrons. The summed E-state index contributed by atoms with van der Waals surface area (Å²) in [4.78, 5) is 0. The highest BCUT2D eigenvalue weighted by Gasteiger charge is 2.38. The third-order valence-corrected chi connectivity index (χ3v) is 5.39. The standard InChI is InChI=1S/C19H13Cl2N3O/c1-24-7-6-11-16(24)5-3-12-17(10-2-4-14(20)15(21)8-10)13(9-22)19(23)25-18(11)12/h2-8,13,17,23H,1H3. The lowest BCUT2D eigenvalue weighted by Gasteiger charge is -2.31. The van der Waals surface area contributed by atoms with E-state index in [1.807, 2.05) is 42.1 Å². The monoisotopic (exact) mass is 369 g/mol. The number of hydrogen-bond acceptors (Lipinski definition) is 3. The molecule has 2 atom stereocenters. The number of halogens is 2. The van der Waals surface area contributed by atoms with Gasteiger partial charge in [0.25, 0.3) is 0 Å². The second-order valence-electron chi connectivity index (χ2n) is 6.07. The van der Waals surface area contributed by atoms with Gasteiger partial charge in [-0.3, -0.25) is 5.41 Å². The number of ether oxygens (including phenoxy) is 1. The average Bonchev–Trinajstić information content (AvgIpc) is 2.98. The first-order chi connectivity index (χ1) is 12.0. The summed E-state index contributed by atoms with van der Waals surface area (Å²) in [7, 11) is 1.96. The van der Waals surface area contributed by atoms with Crippen LogP contribution in [0.3, 0.4) is 0 Å². The number of nitrogens with one attached hydrogen (secondary N) is 1. The minimum Gasteiger partial charge on any atom is -0.441 e. The van der Waals surface area contributed by atoms with Crippen LogP contribution in [0, 0.1) is 22.7 Å². The van der Waals surface area contributed by atoms with Crippen molar-refractivity contribution in [1.82, 2.24) is 4.57 Å². The third-order valence-electron chi connectivity index (χ3n) is 4.65. The van der Waals surface area contributed by atoms with Gasteiger partial charge in [-0.2, -0.15) is 5.26 Å². The Labute approximate surface area is 154 Å². The van der Waals surface area contributed by atoms with E-state index in [-0.39, 0.29) is 11.8 Å². The van der Waals surface area contributed by atoms with Crippen LogP contribution in [0.2, 0.25) is 10.0 Å². The van der Waals surface area contributed by atoms with Crippen molar-refractivity contribution in [1.29, 1.82) is 10.7 Å².